The third kappa shape index (κ3) is 3.69. The molecule has 0 saturated carbocycles. The molecule has 1 aromatic heterocycles. The summed E-state index contributed by atoms with van der Waals surface area (Å²) in [6.07, 6.45) is 1.63. The molecule has 0 atom stereocenters. The molecule has 4 aromatic rings. The fraction of sp³-hybridized carbons (Fsp3) is 0.0385. The number of pyridine rings is 1. The van der Waals surface area contributed by atoms with Crippen molar-refractivity contribution in [2.45, 2.75) is 6.54 Å². The highest BCUT2D eigenvalue weighted by Crippen LogP contribution is 2.34. The van der Waals surface area contributed by atoms with Gasteiger partial charge in [-0.15, -0.1) is 0 Å². The molecule has 31 heavy (non-hydrogen) atoms. The first-order valence-corrected chi connectivity index (χ1v) is 9.92. The predicted octanol–water partition coefficient (Wildman–Crippen LogP) is 5.27. The Bertz CT molecular complexity index is 1250. The van der Waals surface area contributed by atoms with Gasteiger partial charge in [-0.3, -0.25) is 9.59 Å². The molecule has 0 radical (unpaired) electrons. The second-order valence-corrected chi connectivity index (χ2v) is 7.23. The lowest BCUT2D eigenvalue weighted by Crippen LogP contribution is -2.29. The number of rotatable bonds is 5. The molecule has 0 spiro atoms. The number of ether oxygens (including phenoxy) is 1. The lowest BCUT2D eigenvalue weighted by molar-refractivity contribution is -0.114. The van der Waals surface area contributed by atoms with Crippen molar-refractivity contribution >= 4 is 17.4 Å². The molecule has 1 aliphatic heterocycles. The zero-order chi connectivity index (χ0) is 21.2. The van der Waals surface area contributed by atoms with E-state index < -0.39 is 11.7 Å². The van der Waals surface area contributed by atoms with E-state index in [1.807, 2.05) is 48.5 Å². The summed E-state index contributed by atoms with van der Waals surface area (Å²) in [4.78, 5) is 30.9. The van der Waals surface area contributed by atoms with Gasteiger partial charge in [0.25, 0.3) is 11.7 Å². The van der Waals surface area contributed by atoms with Gasteiger partial charge in [-0.25, -0.2) is 4.98 Å². The number of Topliss-reactive ketones (excluding diaryl/α,β-unsaturated/α-hetero) is 1. The summed E-state index contributed by atoms with van der Waals surface area (Å²) in [6, 6.07) is 28.5. The molecule has 1 aliphatic rings. The van der Waals surface area contributed by atoms with Crippen molar-refractivity contribution in [1.82, 2.24) is 4.98 Å². The van der Waals surface area contributed by atoms with Gasteiger partial charge in [-0.05, 0) is 41.0 Å². The van der Waals surface area contributed by atoms with Crippen LogP contribution in [0.3, 0.4) is 0 Å². The highest BCUT2D eigenvalue weighted by Gasteiger charge is 2.36. The second kappa shape index (κ2) is 7.88. The summed E-state index contributed by atoms with van der Waals surface area (Å²) < 4.78 is 5.70. The van der Waals surface area contributed by atoms with E-state index in [9.17, 15) is 9.59 Å². The van der Waals surface area contributed by atoms with Crippen molar-refractivity contribution in [3.05, 3.63) is 108 Å². The molecule has 0 unspecified atom stereocenters. The summed E-state index contributed by atoms with van der Waals surface area (Å²) >= 11 is 0. The van der Waals surface area contributed by atoms with E-state index >= 15 is 0 Å². The Hall–Kier alpha value is -4.25. The van der Waals surface area contributed by atoms with Gasteiger partial charge in [0.15, 0.2) is 0 Å². The number of nitrogens with zero attached hydrogens (tertiary/aromatic N) is 2. The molecular weight excluding hydrogens is 388 g/mol. The monoisotopic (exact) mass is 406 g/mol. The molecular formula is C26H18N2O3. The number of ketones is 1. The largest absolute Gasteiger partial charge is 0.439 e. The maximum absolute atomic E-state index is 12.6. The van der Waals surface area contributed by atoms with Gasteiger partial charge in [0.2, 0.25) is 5.88 Å². The molecule has 2 heterocycles. The number of benzene rings is 3. The molecule has 5 rings (SSSR count). The molecule has 3 aromatic carbocycles. The standard InChI is InChI=1S/C26H18N2O3/c29-25-22-16-21(31-24-8-4-5-15-27-24)13-14-23(22)28(26(25)30)17-18-9-11-20(12-10-18)19-6-2-1-3-7-19/h1-16H,17H2. The SMILES string of the molecule is O=C1C(=O)N(Cc2ccc(-c3ccccc3)cc2)c2ccc(Oc3ccccn3)cc21. The molecule has 0 saturated heterocycles. The minimum absolute atomic E-state index is 0.326. The van der Waals surface area contributed by atoms with Gasteiger partial charge < -0.3 is 9.64 Å². The first kappa shape index (κ1) is 18.8. The molecule has 0 bridgehead atoms. The van der Waals surface area contributed by atoms with Crippen molar-refractivity contribution in [1.29, 1.82) is 0 Å². The lowest BCUT2D eigenvalue weighted by Gasteiger charge is -2.17. The van der Waals surface area contributed by atoms with Gasteiger partial charge in [0.1, 0.15) is 5.75 Å². The highest BCUT2D eigenvalue weighted by molar-refractivity contribution is 6.52. The van der Waals surface area contributed by atoms with Crippen molar-refractivity contribution in [2.24, 2.45) is 0 Å². The van der Waals surface area contributed by atoms with Crippen LogP contribution in [-0.4, -0.2) is 16.7 Å². The molecule has 5 nitrogen and oxygen atoms in total. The van der Waals surface area contributed by atoms with Crippen molar-refractivity contribution in [2.75, 3.05) is 4.90 Å². The number of hydrogen-bond acceptors (Lipinski definition) is 4. The number of amides is 1. The van der Waals surface area contributed by atoms with E-state index in [2.05, 4.69) is 17.1 Å². The van der Waals surface area contributed by atoms with Crippen molar-refractivity contribution in [3.8, 4) is 22.8 Å². The van der Waals surface area contributed by atoms with E-state index in [4.69, 9.17) is 4.74 Å². The summed E-state index contributed by atoms with van der Waals surface area (Å²) in [5.41, 5.74) is 4.12. The van der Waals surface area contributed by atoms with E-state index in [1.165, 1.54) is 4.90 Å². The van der Waals surface area contributed by atoms with E-state index in [0.717, 1.165) is 16.7 Å². The Morgan fingerprint density at radius 3 is 2.26 bits per heavy atom. The van der Waals surface area contributed by atoms with Crippen LogP contribution in [0.5, 0.6) is 11.6 Å². The number of aromatic nitrogens is 1. The van der Waals surface area contributed by atoms with E-state index in [1.54, 1.807) is 36.5 Å². The van der Waals surface area contributed by atoms with E-state index in [-0.39, 0.29) is 0 Å². The Labute approximate surface area is 179 Å². The van der Waals surface area contributed by atoms with Crippen LogP contribution in [0.1, 0.15) is 15.9 Å². The van der Waals surface area contributed by atoms with Crippen LogP contribution < -0.4 is 9.64 Å². The zero-order valence-electron chi connectivity index (χ0n) is 16.6. The maximum Gasteiger partial charge on any atom is 0.299 e. The van der Waals surface area contributed by atoms with Crippen LogP contribution in [-0.2, 0) is 11.3 Å². The van der Waals surface area contributed by atoms with Gasteiger partial charge in [0, 0.05) is 12.3 Å². The topological polar surface area (TPSA) is 59.5 Å². The van der Waals surface area contributed by atoms with Crippen molar-refractivity contribution < 1.29 is 14.3 Å². The quantitative estimate of drug-likeness (QED) is 0.424. The first-order valence-electron chi connectivity index (χ1n) is 9.92. The van der Waals surface area contributed by atoms with Crippen LogP contribution in [0.15, 0.2) is 97.2 Å². The molecule has 1 amide bonds. The van der Waals surface area contributed by atoms with Crippen LogP contribution in [0.25, 0.3) is 11.1 Å². The smallest absolute Gasteiger partial charge is 0.299 e. The third-order valence-electron chi connectivity index (χ3n) is 5.20. The fourth-order valence-electron chi connectivity index (χ4n) is 3.64. The Morgan fingerprint density at radius 1 is 0.774 bits per heavy atom. The number of carbonyl (C=O) groups is 2. The number of hydrogen-bond donors (Lipinski definition) is 0. The minimum Gasteiger partial charge on any atom is -0.439 e. The molecule has 0 aliphatic carbocycles. The third-order valence-corrected chi connectivity index (χ3v) is 5.20. The van der Waals surface area contributed by atoms with Crippen LogP contribution in [0.2, 0.25) is 0 Å². The summed E-state index contributed by atoms with van der Waals surface area (Å²) in [7, 11) is 0. The zero-order valence-corrected chi connectivity index (χ0v) is 16.6. The highest BCUT2D eigenvalue weighted by atomic mass is 16.5. The van der Waals surface area contributed by atoms with Crippen molar-refractivity contribution in [3.63, 3.8) is 0 Å². The predicted molar refractivity (Wildman–Crippen MR) is 118 cm³/mol. The van der Waals surface area contributed by atoms with Crippen LogP contribution in [0, 0.1) is 0 Å². The van der Waals surface area contributed by atoms with Gasteiger partial charge in [-0.1, -0.05) is 60.7 Å². The first-order chi connectivity index (χ1) is 15.2. The van der Waals surface area contributed by atoms with E-state index in [0.29, 0.717) is 29.4 Å². The summed E-state index contributed by atoms with van der Waals surface area (Å²) in [5.74, 6) is -0.165. The molecule has 5 heteroatoms. The number of fused-ring (bicyclic) bond motifs is 1. The minimum atomic E-state index is -0.530. The van der Waals surface area contributed by atoms with Gasteiger partial charge in [-0.2, -0.15) is 0 Å². The Balaban J connectivity index is 1.38. The average molecular weight is 406 g/mol. The number of anilines is 1. The maximum atomic E-state index is 12.6. The summed E-state index contributed by atoms with van der Waals surface area (Å²) in [5, 5.41) is 0. The number of carbonyl (C=O) groups excluding carboxylic acids is 2. The average Bonchev–Trinajstić information content (AvgIpc) is 3.05. The second-order valence-electron chi connectivity index (χ2n) is 7.23. The fourth-order valence-corrected chi connectivity index (χ4v) is 3.64. The van der Waals surface area contributed by atoms with Gasteiger partial charge >= 0.3 is 0 Å². The van der Waals surface area contributed by atoms with Crippen LogP contribution in [0.4, 0.5) is 5.69 Å². The van der Waals surface area contributed by atoms with Crippen LogP contribution >= 0.6 is 0 Å². The molecule has 0 N–H and O–H groups in total. The molecule has 0 fully saturated rings. The Kier molecular flexibility index (Phi) is 4.77. The molecule has 150 valence electrons. The Morgan fingerprint density at radius 2 is 1.52 bits per heavy atom. The lowest BCUT2D eigenvalue weighted by atomic mass is 10.0. The normalized spacial score (nSPS) is 12.7. The summed E-state index contributed by atoms with van der Waals surface area (Å²) in [6.45, 7) is 0.326. The van der Waals surface area contributed by atoms with Gasteiger partial charge in [0.05, 0.1) is 17.8 Å².